The summed E-state index contributed by atoms with van der Waals surface area (Å²) in [6.45, 7) is 5.87. The quantitative estimate of drug-likeness (QED) is 0.181. The molecule has 0 aliphatic carbocycles. The van der Waals surface area contributed by atoms with Crippen LogP contribution in [0.15, 0.2) is 81.7 Å². The van der Waals surface area contributed by atoms with Crippen LogP contribution in [0.25, 0.3) is 6.08 Å². The molecule has 0 unspecified atom stereocenters. The van der Waals surface area contributed by atoms with Crippen LogP contribution in [-0.2, 0) is 16.1 Å². The van der Waals surface area contributed by atoms with E-state index in [4.69, 9.17) is 14.2 Å². The van der Waals surface area contributed by atoms with Gasteiger partial charge in [-0.3, -0.25) is 9.36 Å². The van der Waals surface area contributed by atoms with Crippen molar-refractivity contribution in [1.29, 1.82) is 0 Å². The van der Waals surface area contributed by atoms with E-state index in [-0.39, 0.29) is 24.6 Å². The number of carbonyl (C=O) groups excluding carboxylic acids is 1. The molecule has 1 aromatic heterocycles. The van der Waals surface area contributed by atoms with E-state index in [1.54, 1.807) is 49.8 Å². The monoisotopic (exact) mass is 698 g/mol. The Bertz CT molecular complexity index is 1880. The topological polar surface area (TPSA) is 79.1 Å². The van der Waals surface area contributed by atoms with E-state index in [0.29, 0.717) is 37.7 Å². The lowest BCUT2D eigenvalue weighted by Crippen LogP contribution is -2.39. The average molecular weight is 699 g/mol. The molecule has 1 aliphatic rings. The van der Waals surface area contributed by atoms with Gasteiger partial charge in [0.25, 0.3) is 5.56 Å². The SMILES string of the molecule is CCOC(=O)C1=C(C)N=c2s/c(=C/c3cc(I)c(OCc4cccc(F)c4)c(OC)c3)c(=O)n2[C@H]1c1ccc(C)cc1. The molecule has 0 N–H and O–H groups in total. The summed E-state index contributed by atoms with van der Waals surface area (Å²) in [5, 5.41) is 0. The highest BCUT2D eigenvalue weighted by Crippen LogP contribution is 2.35. The fourth-order valence-electron chi connectivity index (χ4n) is 4.75. The summed E-state index contributed by atoms with van der Waals surface area (Å²) < 4.78 is 33.4. The fraction of sp³-hybridized carbons (Fsp3) is 0.219. The molecule has 216 valence electrons. The number of ether oxygens (including phenoxy) is 3. The fourth-order valence-corrected chi connectivity index (χ4v) is 6.58. The summed E-state index contributed by atoms with van der Waals surface area (Å²) in [6.07, 6.45) is 1.78. The Balaban J connectivity index is 1.57. The zero-order chi connectivity index (χ0) is 30.0. The van der Waals surface area contributed by atoms with Gasteiger partial charge in [0.05, 0.1) is 39.1 Å². The maximum absolute atomic E-state index is 13.9. The second-order valence-electron chi connectivity index (χ2n) is 9.67. The molecule has 0 radical (unpaired) electrons. The standard InChI is InChI=1S/C32H28FIN2O5S/c1-5-40-31(38)27-19(3)35-32-36(28(27)22-11-9-18(2)10-12-22)30(37)26(42-32)16-21-14-24(34)29(25(15-21)39-4)41-17-20-7-6-8-23(33)13-20/h6-16,28H,5,17H2,1-4H3/b26-16+/t28-/m0/s1. The number of benzene rings is 3. The summed E-state index contributed by atoms with van der Waals surface area (Å²) in [7, 11) is 1.54. The molecule has 42 heavy (non-hydrogen) atoms. The number of thiazole rings is 1. The lowest BCUT2D eigenvalue weighted by atomic mass is 9.95. The van der Waals surface area contributed by atoms with Crippen molar-refractivity contribution in [2.24, 2.45) is 4.99 Å². The molecule has 0 amide bonds. The molecule has 5 rings (SSSR count). The largest absolute Gasteiger partial charge is 0.493 e. The number of halogens is 2. The molecule has 0 fully saturated rings. The number of aromatic nitrogens is 1. The van der Waals surface area contributed by atoms with Gasteiger partial charge in [0.1, 0.15) is 12.4 Å². The van der Waals surface area contributed by atoms with E-state index in [1.807, 2.05) is 37.3 Å². The summed E-state index contributed by atoms with van der Waals surface area (Å²) >= 11 is 3.40. The van der Waals surface area contributed by atoms with E-state index in [2.05, 4.69) is 27.6 Å². The summed E-state index contributed by atoms with van der Waals surface area (Å²) in [5.41, 5.74) is 3.88. The number of rotatable bonds is 8. The molecule has 0 saturated carbocycles. The first kappa shape index (κ1) is 29.7. The number of hydrogen-bond acceptors (Lipinski definition) is 7. The predicted octanol–water partition coefficient (Wildman–Crippen LogP) is 5.44. The molecular weight excluding hydrogens is 670 g/mol. The average Bonchev–Trinajstić information content (AvgIpc) is 3.26. The van der Waals surface area contributed by atoms with Gasteiger partial charge in [0.2, 0.25) is 0 Å². The van der Waals surface area contributed by atoms with Gasteiger partial charge < -0.3 is 14.2 Å². The number of methoxy groups -OCH3 is 1. The van der Waals surface area contributed by atoms with Crippen molar-refractivity contribution in [3.05, 3.63) is 123 Å². The van der Waals surface area contributed by atoms with Crippen molar-refractivity contribution in [1.82, 2.24) is 4.57 Å². The van der Waals surface area contributed by atoms with Crippen molar-refractivity contribution in [2.45, 2.75) is 33.4 Å². The van der Waals surface area contributed by atoms with Crippen LogP contribution in [0.5, 0.6) is 11.5 Å². The first-order valence-corrected chi connectivity index (χ1v) is 15.1. The molecule has 1 aliphatic heterocycles. The van der Waals surface area contributed by atoms with Crippen LogP contribution >= 0.6 is 33.9 Å². The number of esters is 1. The molecule has 2 heterocycles. The number of carbonyl (C=O) groups is 1. The van der Waals surface area contributed by atoms with Gasteiger partial charge in [-0.25, -0.2) is 14.2 Å². The van der Waals surface area contributed by atoms with E-state index < -0.39 is 12.0 Å². The van der Waals surface area contributed by atoms with E-state index in [1.165, 1.54) is 23.5 Å². The molecule has 10 heteroatoms. The van der Waals surface area contributed by atoms with Gasteiger partial charge in [0.15, 0.2) is 16.3 Å². The molecule has 1 atom stereocenters. The number of nitrogens with zero attached hydrogens (tertiary/aromatic N) is 2. The summed E-state index contributed by atoms with van der Waals surface area (Å²) in [6, 6.07) is 17.0. The molecule has 0 saturated heterocycles. The van der Waals surface area contributed by atoms with Crippen LogP contribution in [-0.4, -0.2) is 24.3 Å². The van der Waals surface area contributed by atoms with Crippen LogP contribution < -0.4 is 24.4 Å². The highest BCUT2D eigenvalue weighted by atomic mass is 127. The third kappa shape index (κ3) is 6.05. The lowest BCUT2D eigenvalue weighted by molar-refractivity contribution is -0.139. The van der Waals surface area contributed by atoms with Crippen molar-refractivity contribution in [3.63, 3.8) is 0 Å². The highest BCUT2D eigenvalue weighted by Gasteiger charge is 2.33. The molecule has 4 aromatic rings. The van der Waals surface area contributed by atoms with Crippen LogP contribution in [0, 0.1) is 16.3 Å². The zero-order valence-electron chi connectivity index (χ0n) is 23.4. The van der Waals surface area contributed by atoms with Crippen LogP contribution in [0.3, 0.4) is 0 Å². The Morgan fingerprint density at radius 3 is 2.60 bits per heavy atom. The molecule has 3 aromatic carbocycles. The third-order valence-electron chi connectivity index (χ3n) is 6.73. The number of aryl methyl sites for hydroxylation is 1. The maximum atomic E-state index is 13.9. The van der Waals surface area contributed by atoms with Gasteiger partial charge in [-0.05, 0) is 90.4 Å². The van der Waals surface area contributed by atoms with Crippen LogP contribution in [0.2, 0.25) is 0 Å². The number of allylic oxidation sites excluding steroid dienone is 1. The predicted molar refractivity (Wildman–Crippen MR) is 168 cm³/mol. The van der Waals surface area contributed by atoms with Crippen molar-refractivity contribution in [2.75, 3.05) is 13.7 Å². The zero-order valence-corrected chi connectivity index (χ0v) is 26.4. The van der Waals surface area contributed by atoms with Gasteiger partial charge in [0, 0.05) is 0 Å². The minimum atomic E-state index is -0.670. The van der Waals surface area contributed by atoms with Gasteiger partial charge >= 0.3 is 5.97 Å². The highest BCUT2D eigenvalue weighted by molar-refractivity contribution is 14.1. The minimum absolute atomic E-state index is 0.170. The van der Waals surface area contributed by atoms with E-state index in [0.717, 1.165) is 20.3 Å². The Morgan fingerprint density at radius 2 is 1.90 bits per heavy atom. The second kappa shape index (κ2) is 12.6. The summed E-state index contributed by atoms with van der Waals surface area (Å²) in [4.78, 5) is 32.1. The molecule has 7 nitrogen and oxygen atoms in total. The summed E-state index contributed by atoms with van der Waals surface area (Å²) in [5.74, 6) is 0.181. The van der Waals surface area contributed by atoms with Gasteiger partial charge in [-0.2, -0.15) is 0 Å². The van der Waals surface area contributed by atoms with Crippen LogP contribution in [0.1, 0.15) is 42.1 Å². The number of fused-ring (bicyclic) bond motifs is 1. The number of hydrogen-bond donors (Lipinski definition) is 0. The van der Waals surface area contributed by atoms with Gasteiger partial charge in [-0.15, -0.1) is 0 Å². The molecular formula is C32H28FIN2O5S. The van der Waals surface area contributed by atoms with Crippen molar-refractivity contribution >= 4 is 46.0 Å². The van der Waals surface area contributed by atoms with E-state index in [9.17, 15) is 14.0 Å². The normalized spacial score (nSPS) is 14.8. The lowest BCUT2D eigenvalue weighted by Gasteiger charge is -2.24. The third-order valence-corrected chi connectivity index (χ3v) is 8.52. The Kier molecular flexibility index (Phi) is 8.93. The van der Waals surface area contributed by atoms with E-state index >= 15 is 0 Å². The molecule has 0 bridgehead atoms. The molecule has 0 spiro atoms. The minimum Gasteiger partial charge on any atom is -0.493 e. The van der Waals surface area contributed by atoms with Crippen LogP contribution in [0.4, 0.5) is 4.39 Å². The Labute approximate surface area is 259 Å². The first-order valence-electron chi connectivity index (χ1n) is 13.2. The Hall–Kier alpha value is -3.77. The first-order chi connectivity index (χ1) is 20.2. The Morgan fingerprint density at radius 1 is 1.14 bits per heavy atom. The maximum Gasteiger partial charge on any atom is 0.338 e. The van der Waals surface area contributed by atoms with Crippen molar-refractivity contribution in [3.8, 4) is 11.5 Å². The smallest absolute Gasteiger partial charge is 0.338 e. The van der Waals surface area contributed by atoms with Gasteiger partial charge in [-0.1, -0.05) is 53.3 Å². The second-order valence-corrected chi connectivity index (χ2v) is 11.8. The van der Waals surface area contributed by atoms with Crippen molar-refractivity contribution < 1.29 is 23.4 Å².